The molecule has 3 nitrogen and oxygen atoms in total. The van der Waals surface area contributed by atoms with Gasteiger partial charge in [0.1, 0.15) is 5.82 Å². The number of aryl methyl sites for hydroxylation is 1. The molecule has 0 bridgehead atoms. The highest BCUT2D eigenvalue weighted by molar-refractivity contribution is 7.09. The van der Waals surface area contributed by atoms with Crippen LogP contribution in [0.3, 0.4) is 0 Å². The van der Waals surface area contributed by atoms with E-state index < -0.39 is 0 Å². The Morgan fingerprint density at radius 2 is 2.47 bits per heavy atom. The van der Waals surface area contributed by atoms with Gasteiger partial charge < -0.3 is 9.88 Å². The molecule has 2 heterocycles. The quantitative estimate of drug-likeness (QED) is 0.858. The zero-order valence-electron chi connectivity index (χ0n) is 8.97. The van der Waals surface area contributed by atoms with Gasteiger partial charge in [-0.1, -0.05) is 6.07 Å². The number of hydrogen-bond donors (Lipinski definition) is 1. The topological polar surface area (TPSA) is 29.9 Å². The van der Waals surface area contributed by atoms with Crippen LogP contribution in [0.25, 0.3) is 0 Å². The largest absolute Gasteiger partial charge is 0.337 e. The highest BCUT2D eigenvalue weighted by Gasteiger charge is 2.09. The van der Waals surface area contributed by atoms with Crippen molar-refractivity contribution < 1.29 is 0 Å². The van der Waals surface area contributed by atoms with Gasteiger partial charge in [-0.15, -0.1) is 11.3 Å². The number of imidazole rings is 1. The zero-order valence-corrected chi connectivity index (χ0v) is 9.79. The molecule has 0 spiro atoms. The van der Waals surface area contributed by atoms with Gasteiger partial charge in [0, 0.05) is 30.9 Å². The van der Waals surface area contributed by atoms with Crippen molar-refractivity contribution in [2.24, 2.45) is 7.05 Å². The smallest absolute Gasteiger partial charge is 0.125 e. The van der Waals surface area contributed by atoms with Crippen molar-refractivity contribution >= 4 is 11.3 Å². The van der Waals surface area contributed by atoms with E-state index in [1.54, 1.807) is 11.3 Å². The second kappa shape index (κ2) is 4.59. The minimum atomic E-state index is 0.284. The van der Waals surface area contributed by atoms with Crippen molar-refractivity contribution in [2.45, 2.75) is 19.5 Å². The second-order valence-corrected chi connectivity index (χ2v) is 4.61. The molecule has 2 aromatic heterocycles. The summed E-state index contributed by atoms with van der Waals surface area (Å²) >= 11 is 1.78. The summed E-state index contributed by atoms with van der Waals surface area (Å²) in [5.41, 5.74) is 0. The fourth-order valence-electron chi connectivity index (χ4n) is 1.55. The molecule has 1 N–H and O–H groups in total. The highest BCUT2D eigenvalue weighted by Crippen LogP contribution is 2.12. The van der Waals surface area contributed by atoms with Crippen LogP contribution < -0.4 is 5.32 Å². The van der Waals surface area contributed by atoms with E-state index in [0.29, 0.717) is 0 Å². The molecular formula is C11H15N3S. The first-order valence-electron chi connectivity index (χ1n) is 5.00. The van der Waals surface area contributed by atoms with Gasteiger partial charge >= 0.3 is 0 Å². The Bertz CT molecular complexity index is 405. The predicted octanol–water partition coefficient (Wildman–Crippen LogP) is 2.33. The lowest BCUT2D eigenvalue weighted by Gasteiger charge is -2.12. The fraction of sp³-hybridized carbons (Fsp3) is 0.364. The Labute approximate surface area is 93.8 Å². The van der Waals surface area contributed by atoms with E-state index in [9.17, 15) is 0 Å². The minimum absolute atomic E-state index is 0.284. The molecule has 0 aliphatic rings. The lowest BCUT2D eigenvalue weighted by molar-refractivity contribution is 0.533. The van der Waals surface area contributed by atoms with Crippen molar-refractivity contribution in [3.8, 4) is 0 Å². The summed E-state index contributed by atoms with van der Waals surface area (Å²) in [4.78, 5) is 5.68. The van der Waals surface area contributed by atoms with Crippen LogP contribution in [0.1, 0.15) is 23.7 Å². The number of nitrogens with one attached hydrogen (secondary N) is 1. The Morgan fingerprint density at radius 1 is 1.60 bits per heavy atom. The SMILES string of the molecule is CC(NCc1cccs1)c1nccn1C. The molecule has 2 rings (SSSR count). The number of nitrogens with zero attached hydrogens (tertiary/aromatic N) is 2. The van der Waals surface area contributed by atoms with Gasteiger partial charge in [0.05, 0.1) is 6.04 Å². The van der Waals surface area contributed by atoms with E-state index in [2.05, 4.69) is 34.7 Å². The maximum atomic E-state index is 4.32. The maximum Gasteiger partial charge on any atom is 0.125 e. The maximum absolute atomic E-state index is 4.32. The van der Waals surface area contributed by atoms with Gasteiger partial charge in [-0.2, -0.15) is 0 Å². The van der Waals surface area contributed by atoms with E-state index in [1.165, 1.54) is 4.88 Å². The first kappa shape index (κ1) is 10.4. The summed E-state index contributed by atoms with van der Waals surface area (Å²) in [6.07, 6.45) is 3.80. The molecule has 0 aromatic carbocycles. The summed E-state index contributed by atoms with van der Waals surface area (Å²) in [6.45, 7) is 3.04. The van der Waals surface area contributed by atoms with Crippen LogP contribution in [0.5, 0.6) is 0 Å². The van der Waals surface area contributed by atoms with Crippen LogP contribution in [0.2, 0.25) is 0 Å². The first-order chi connectivity index (χ1) is 7.27. The van der Waals surface area contributed by atoms with Gasteiger partial charge in [-0.3, -0.25) is 0 Å². The summed E-state index contributed by atoms with van der Waals surface area (Å²) in [7, 11) is 2.02. The van der Waals surface area contributed by atoms with Crippen LogP contribution in [0.15, 0.2) is 29.9 Å². The van der Waals surface area contributed by atoms with Crippen molar-refractivity contribution in [1.29, 1.82) is 0 Å². The summed E-state index contributed by atoms with van der Waals surface area (Å²) in [5.74, 6) is 1.08. The van der Waals surface area contributed by atoms with E-state index in [1.807, 2.05) is 24.0 Å². The zero-order chi connectivity index (χ0) is 10.7. The first-order valence-corrected chi connectivity index (χ1v) is 5.88. The Hall–Kier alpha value is -1.13. The third-order valence-electron chi connectivity index (χ3n) is 2.41. The Morgan fingerprint density at radius 3 is 3.07 bits per heavy atom. The number of hydrogen-bond acceptors (Lipinski definition) is 3. The van der Waals surface area contributed by atoms with E-state index in [4.69, 9.17) is 0 Å². The number of aromatic nitrogens is 2. The molecule has 0 radical (unpaired) electrons. The Kier molecular flexibility index (Phi) is 3.18. The van der Waals surface area contributed by atoms with E-state index >= 15 is 0 Å². The van der Waals surface area contributed by atoms with Gasteiger partial charge in [0.2, 0.25) is 0 Å². The third kappa shape index (κ3) is 2.46. The molecule has 15 heavy (non-hydrogen) atoms. The van der Waals surface area contributed by atoms with Crippen LogP contribution in [-0.4, -0.2) is 9.55 Å². The average Bonchev–Trinajstić information content (AvgIpc) is 2.84. The van der Waals surface area contributed by atoms with E-state index in [-0.39, 0.29) is 6.04 Å². The second-order valence-electron chi connectivity index (χ2n) is 3.58. The minimum Gasteiger partial charge on any atom is -0.337 e. The summed E-state index contributed by atoms with van der Waals surface area (Å²) in [6, 6.07) is 4.50. The predicted molar refractivity (Wildman–Crippen MR) is 62.8 cm³/mol. The van der Waals surface area contributed by atoms with Crippen molar-refractivity contribution in [3.63, 3.8) is 0 Å². The van der Waals surface area contributed by atoms with Crippen LogP contribution in [0.4, 0.5) is 0 Å². The third-order valence-corrected chi connectivity index (χ3v) is 3.28. The van der Waals surface area contributed by atoms with Gasteiger partial charge in [-0.05, 0) is 18.4 Å². The van der Waals surface area contributed by atoms with Crippen molar-refractivity contribution in [1.82, 2.24) is 14.9 Å². The van der Waals surface area contributed by atoms with Crippen LogP contribution >= 0.6 is 11.3 Å². The molecule has 1 atom stereocenters. The number of thiophene rings is 1. The summed E-state index contributed by atoms with van der Waals surface area (Å²) < 4.78 is 2.05. The lowest BCUT2D eigenvalue weighted by atomic mass is 10.3. The van der Waals surface area contributed by atoms with Crippen LogP contribution in [-0.2, 0) is 13.6 Å². The molecule has 1 unspecified atom stereocenters. The molecule has 2 aromatic rings. The number of rotatable bonds is 4. The molecule has 80 valence electrons. The van der Waals surface area contributed by atoms with Crippen LogP contribution in [0, 0.1) is 0 Å². The monoisotopic (exact) mass is 221 g/mol. The molecule has 4 heteroatoms. The Balaban J connectivity index is 1.93. The normalized spacial score (nSPS) is 12.9. The molecule has 0 saturated carbocycles. The van der Waals surface area contributed by atoms with Gasteiger partial charge in [0.15, 0.2) is 0 Å². The van der Waals surface area contributed by atoms with Crippen molar-refractivity contribution in [2.75, 3.05) is 0 Å². The van der Waals surface area contributed by atoms with Crippen molar-refractivity contribution in [3.05, 3.63) is 40.6 Å². The average molecular weight is 221 g/mol. The van der Waals surface area contributed by atoms with Gasteiger partial charge in [0.25, 0.3) is 0 Å². The van der Waals surface area contributed by atoms with Gasteiger partial charge in [-0.25, -0.2) is 4.98 Å². The standard InChI is InChI=1S/C11H15N3S/c1-9(11-12-5-6-14(11)2)13-8-10-4-3-7-15-10/h3-7,9,13H,8H2,1-2H3. The fourth-order valence-corrected chi connectivity index (χ4v) is 2.21. The molecule has 0 amide bonds. The van der Waals surface area contributed by atoms with E-state index in [0.717, 1.165) is 12.4 Å². The molecule has 0 aliphatic carbocycles. The highest BCUT2D eigenvalue weighted by atomic mass is 32.1. The molecule has 0 saturated heterocycles. The molecule has 0 fully saturated rings. The summed E-state index contributed by atoms with van der Waals surface area (Å²) in [5, 5.41) is 5.55. The lowest BCUT2D eigenvalue weighted by Crippen LogP contribution is -2.20. The molecule has 0 aliphatic heterocycles. The molecular weight excluding hydrogens is 206 g/mol.